The monoisotopic (exact) mass is 411 g/mol. The number of carboxylic acid groups (broad SMARTS) is 1. The Labute approximate surface area is 142 Å². The molecule has 0 radical (unpaired) electrons. The average Bonchev–Trinajstić information content (AvgIpc) is 2.51. The summed E-state index contributed by atoms with van der Waals surface area (Å²) in [6.07, 6.45) is -13.9. The smallest absolute Gasteiger partial charge is 0.456 e. The van der Waals surface area contributed by atoms with E-state index in [1.807, 2.05) is 4.72 Å². The molecular weight excluding hydrogens is 400 g/mol. The lowest BCUT2D eigenvalue weighted by molar-refractivity contribution is -0.310. The molecule has 1 unspecified atom stereocenters. The van der Waals surface area contributed by atoms with Crippen molar-refractivity contribution in [2.45, 2.75) is 23.5 Å². The standard InChI is InChI=1S/C12H11F6NO6S/c1-19-26(22,23)6-2-3-8(7(4-6)9(20)21)25-12(17,18)10(13)24-5-11(14,15)16/h2-4,10,19H,5H2,1H3,(H,20,21). The number of halogens is 6. The van der Waals surface area contributed by atoms with Crippen LogP contribution in [0.5, 0.6) is 5.75 Å². The van der Waals surface area contributed by atoms with Gasteiger partial charge in [0.05, 0.1) is 4.90 Å². The quantitative estimate of drug-likeness (QED) is 0.636. The number of nitrogens with one attached hydrogen (secondary N) is 1. The maximum atomic E-state index is 13.5. The first-order chi connectivity index (χ1) is 11.7. The Hall–Kier alpha value is -2.06. The van der Waals surface area contributed by atoms with Crippen LogP contribution in [0.1, 0.15) is 10.4 Å². The number of aromatic carboxylic acids is 1. The SMILES string of the molecule is CNS(=O)(=O)c1ccc(OC(F)(F)C(F)OCC(F)(F)F)c(C(=O)O)c1. The van der Waals surface area contributed by atoms with E-state index in [-0.39, 0.29) is 0 Å². The minimum atomic E-state index is -5.09. The van der Waals surface area contributed by atoms with Gasteiger partial charge in [0.15, 0.2) is 0 Å². The van der Waals surface area contributed by atoms with Crippen LogP contribution in [0, 0.1) is 0 Å². The lowest BCUT2D eigenvalue weighted by atomic mass is 10.2. The summed E-state index contributed by atoms with van der Waals surface area (Å²) in [6, 6.07) is 1.61. The maximum Gasteiger partial charge on any atom is 0.456 e. The zero-order valence-corrected chi connectivity index (χ0v) is 13.5. The fraction of sp³-hybridized carbons (Fsp3) is 0.417. The summed E-state index contributed by atoms with van der Waals surface area (Å²) in [5, 5.41) is 8.96. The summed E-state index contributed by atoms with van der Waals surface area (Å²) in [5.74, 6) is -3.09. The molecule has 26 heavy (non-hydrogen) atoms. The van der Waals surface area contributed by atoms with E-state index in [9.17, 15) is 39.6 Å². The van der Waals surface area contributed by atoms with E-state index < -0.39 is 57.5 Å². The van der Waals surface area contributed by atoms with E-state index in [0.717, 1.165) is 7.05 Å². The topological polar surface area (TPSA) is 102 Å². The average molecular weight is 411 g/mol. The van der Waals surface area contributed by atoms with Gasteiger partial charge >= 0.3 is 24.6 Å². The van der Waals surface area contributed by atoms with Gasteiger partial charge in [0.25, 0.3) is 0 Å². The second-order valence-corrected chi connectivity index (χ2v) is 6.46. The molecule has 0 aliphatic heterocycles. The van der Waals surface area contributed by atoms with Gasteiger partial charge in [-0.2, -0.15) is 22.0 Å². The normalized spacial score (nSPS) is 14.1. The van der Waals surface area contributed by atoms with Crippen molar-refractivity contribution in [1.29, 1.82) is 0 Å². The minimum Gasteiger partial charge on any atom is -0.478 e. The lowest BCUT2D eigenvalue weighted by Crippen LogP contribution is -2.40. The fourth-order valence-electron chi connectivity index (χ4n) is 1.51. The van der Waals surface area contributed by atoms with Gasteiger partial charge in [-0.15, -0.1) is 0 Å². The van der Waals surface area contributed by atoms with Gasteiger partial charge in [-0.05, 0) is 25.2 Å². The van der Waals surface area contributed by atoms with Crippen LogP contribution in [0.3, 0.4) is 0 Å². The van der Waals surface area contributed by atoms with Crippen molar-refractivity contribution in [2.24, 2.45) is 0 Å². The Morgan fingerprint density at radius 2 is 1.85 bits per heavy atom. The molecule has 7 nitrogen and oxygen atoms in total. The summed E-state index contributed by atoms with van der Waals surface area (Å²) in [7, 11) is -3.14. The number of hydrogen-bond acceptors (Lipinski definition) is 5. The summed E-state index contributed by atoms with van der Waals surface area (Å²) >= 11 is 0. The highest BCUT2D eigenvalue weighted by atomic mass is 32.2. The van der Waals surface area contributed by atoms with Crippen molar-refractivity contribution in [2.75, 3.05) is 13.7 Å². The molecule has 0 saturated carbocycles. The molecule has 0 fully saturated rings. The molecule has 1 aromatic carbocycles. The number of benzene rings is 1. The minimum absolute atomic E-state index is 0.448. The molecular formula is C12H11F6NO6S. The molecule has 0 amide bonds. The molecule has 14 heteroatoms. The Kier molecular flexibility index (Phi) is 6.49. The van der Waals surface area contributed by atoms with Crippen LogP contribution in [-0.2, 0) is 14.8 Å². The molecule has 0 saturated heterocycles. The van der Waals surface area contributed by atoms with E-state index in [0.29, 0.717) is 18.2 Å². The zero-order chi connectivity index (χ0) is 20.3. The van der Waals surface area contributed by atoms with E-state index in [1.54, 1.807) is 0 Å². The second kappa shape index (κ2) is 7.67. The molecule has 1 rings (SSSR count). The number of carboxylic acids is 1. The van der Waals surface area contributed by atoms with Crippen LogP contribution in [0.2, 0.25) is 0 Å². The Morgan fingerprint density at radius 1 is 1.27 bits per heavy atom. The van der Waals surface area contributed by atoms with Crippen molar-refractivity contribution >= 4 is 16.0 Å². The summed E-state index contributed by atoms with van der Waals surface area (Å²) in [5.41, 5.74) is -1.09. The van der Waals surface area contributed by atoms with Gasteiger partial charge in [0.1, 0.15) is 17.9 Å². The van der Waals surface area contributed by atoms with E-state index in [1.165, 1.54) is 0 Å². The lowest BCUT2D eigenvalue weighted by Gasteiger charge is -2.22. The zero-order valence-electron chi connectivity index (χ0n) is 12.7. The largest absolute Gasteiger partial charge is 0.478 e. The molecule has 2 N–H and O–H groups in total. The third kappa shape index (κ3) is 5.74. The molecule has 0 aromatic heterocycles. The number of rotatable bonds is 8. The molecule has 148 valence electrons. The molecule has 0 bridgehead atoms. The predicted octanol–water partition coefficient (Wildman–Crippen LogP) is 2.14. The Balaban J connectivity index is 3.13. The molecule has 0 spiro atoms. The number of sulfonamides is 1. The van der Waals surface area contributed by atoms with Crippen molar-refractivity contribution in [3.63, 3.8) is 0 Å². The Bertz CT molecular complexity index is 766. The summed E-state index contributed by atoms with van der Waals surface area (Å²) < 4.78 is 108. The third-order valence-corrected chi connectivity index (χ3v) is 4.08. The summed E-state index contributed by atoms with van der Waals surface area (Å²) in [6.45, 7) is -2.34. The number of alkyl halides is 6. The first kappa shape index (κ1) is 22.0. The van der Waals surface area contributed by atoms with Crippen LogP contribution >= 0.6 is 0 Å². The van der Waals surface area contributed by atoms with Gasteiger partial charge in [-0.3, -0.25) is 0 Å². The van der Waals surface area contributed by atoms with Crippen LogP contribution in [-0.4, -0.2) is 51.8 Å². The fourth-order valence-corrected chi connectivity index (χ4v) is 2.26. The highest BCUT2D eigenvalue weighted by Crippen LogP contribution is 2.32. The van der Waals surface area contributed by atoms with Gasteiger partial charge in [0.2, 0.25) is 10.0 Å². The second-order valence-electron chi connectivity index (χ2n) is 4.58. The van der Waals surface area contributed by atoms with E-state index in [2.05, 4.69) is 9.47 Å². The van der Waals surface area contributed by atoms with Crippen molar-refractivity contribution < 1.29 is 54.1 Å². The maximum absolute atomic E-state index is 13.5. The first-order valence-electron chi connectivity index (χ1n) is 6.40. The van der Waals surface area contributed by atoms with E-state index in [4.69, 9.17) is 5.11 Å². The van der Waals surface area contributed by atoms with Crippen LogP contribution in [0.25, 0.3) is 0 Å². The highest BCUT2D eigenvalue weighted by Gasteiger charge is 2.47. The molecule has 0 aliphatic rings. The first-order valence-corrected chi connectivity index (χ1v) is 7.88. The number of ether oxygens (including phenoxy) is 2. The summed E-state index contributed by atoms with van der Waals surface area (Å²) in [4.78, 5) is 10.5. The molecule has 1 aromatic rings. The van der Waals surface area contributed by atoms with Crippen molar-refractivity contribution in [1.82, 2.24) is 4.72 Å². The van der Waals surface area contributed by atoms with Gasteiger partial charge < -0.3 is 14.6 Å². The Morgan fingerprint density at radius 3 is 2.31 bits per heavy atom. The van der Waals surface area contributed by atoms with Crippen LogP contribution < -0.4 is 9.46 Å². The molecule has 1 atom stereocenters. The van der Waals surface area contributed by atoms with Crippen LogP contribution in [0.4, 0.5) is 26.3 Å². The number of carbonyl (C=O) groups is 1. The van der Waals surface area contributed by atoms with Crippen molar-refractivity contribution in [3.05, 3.63) is 23.8 Å². The number of hydrogen-bond donors (Lipinski definition) is 2. The predicted molar refractivity (Wildman–Crippen MR) is 72.1 cm³/mol. The van der Waals surface area contributed by atoms with Crippen molar-refractivity contribution in [3.8, 4) is 5.75 Å². The van der Waals surface area contributed by atoms with Gasteiger partial charge in [-0.1, -0.05) is 0 Å². The molecule has 0 heterocycles. The molecule has 0 aliphatic carbocycles. The van der Waals surface area contributed by atoms with Crippen LogP contribution in [0.15, 0.2) is 23.1 Å². The van der Waals surface area contributed by atoms with Gasteiger partial charge in [-0.25, -0.2) is 22.3 Å². The van der Waals surface area contributed by atoms with Gasteiger partial charge in [0, 0.05) is 0 Å². The third-order valence-electron chi connectivity index (χ3n) is 2.66. The highest BCUT2D eigenvalue weighted by molar-refractivity contribution is 7.89. The van der Waals surface area contributed by atoms with E-state index >= 15 is 0 Å².